The van der Waals surface area contributed by atoms with Gasteiger partial charge in [0.15, 0.2) is 5.69 Å². The van der Waals surface area contributed by atoms with Gasteiger partial charge in [-0.15, -0.1) is 0 Å². The van der Waals surface area contributed by atoms with Crippen LogP contribution in [0.4, 0.5) is 0 Å². The first-order chi connectivity index (χ1) is 12.6. The van der Waals surface area contributed by atoms with E-state index in [9.17, 15) is 9.59 Å². The Bertz CT molecular complexity index is 803. The first kappa shape index (κ1) is 18.5. The number of carbonyl (C=O) groups is 2. The Balaban J connectivity index is 1.67. The van der Waals surface area contributed by atoms with E-state index in [0.717, 1.165) is 29.7 Å². The summed E-state index contributed by atoms with van der Waals surface area (Å²) in [6.07, 6.45) is 2.92. The van der Waals surface area contributed by atoms with E-state index < -0.39 is 0 Å². The fraction of sp³-hybridized carbons (Fsp3) is 0.421. The Hall–Kier alpha value is -2.34. The van der Waals surface area contributed by atoms with Crippen molar-refractivity contribution < 1.29 is 9.59 Å². The van der Waals surface area contributed by atoms with Crippen molar-refractivity contribution in [1.82, 2.24) is 20.4 Å². The molecule has 2 heterocycles. The number of amides is 2. The van der Waals surface area contributed by atoms with Gasteiger partial charge in [-0.1, -0.05) is 37.1 Å². The lowest BCUT2D eigenvalue weighted by Gasteiger charge is -2.27. The lowest BCUT2D eigenvalue weighted by Crippen LogP contribution is -2.37. The van der Waals surface area contributed by atoms with Crippen LogP contribution >= 0.6 is 11.6 Å². The molecule has 3 rings (SSSR count). The van der Waals surface area contributed by atoms with Crippen molar-refractivity contribution >= 4 is 23.4 Å². The number of carbonyl (C=O) groups excluding carboxylic acids is 2. The van der Waals surface area contributed by atoms with Crippen LogP contribution in [-0.4, -0.2) is 40.0 Å². The Morgan fingerprint density at radius 1 is 1.38 bits per heavy atom. The lowest BCUT2D eigenvalue weighted by molar-refractivity contribution is -0.131. The summed E-state index contributed by atoms with van der Waals surface area (Å²) in [5, 5.41) is 10.6. The molecule has 0 bridgehead atoms. The molecular weight excluding hydrogens is 352 g/mol. The number of aromatic amines is 1. The third-order valence-corrected chi connectivity index (χ3v) is 4.80. The van der Waals surface area contributed by atoms with E-state index in [-0.39, 0.29) is 11.8 Å². The molecule has 1 aromatic heterocycles. The highest BCUT2D eigenvalue weighted by molar-refractivity contribution is 6.30. The van der Waals surface area contributed by atoms with Crippen LogP contribution in [0.2, 0.25) is 5.02 Å². The van der Waals surface area contributed by atoms with Gasteiger partial charge in [-0.25, -0.2) is 0 Å². The minimum Gasteiger partial charge on any atom is -0.351 e. The van der Waals surface area contributed by atoms with Crippen molar-refractivity contribution in [3.05, 3.63) is 51.8 Å². The number of halogens is 1. The molecule has 138 valence electrons. The van der Waals surface area contributed by atoms with E-state index >= 15 is 0 Å². The van der Waals surface area contributed by atoms with Crippen LogP contribution in [0.25, 0.3) is 0 Å². The summed E-state index contributed by atoms with van der Waals surface area (Å²) in [5.41, 5.74) is 3.05. The first-order valence-corrected chi connectivity index (χ1v) is 9.32. The number of rotatable bonds is 6. The third-order valence-electron chi connectivity index (χ3n) is 4.56. The Kier molecular flexibility index (Phi) is 5.93. The molecule has 2 amide bonds. The van der Waals surface area contributed by atoms with Gasteiger partial charge in [-0.05, 0) is 24.1 Å². The highest BCUT2D eigenvalue weighted by Gasteiger charge is 2.27. The van der Waals surface area contributed by atoms with E-state index in [2.05, 4.69) is 22.4 Å². The molecule has 0 unspecified atom stereocenters. The minimum absolute atomic E-state index is 0.0245. The third kappa shape index (κ3) is 4.25. The second kappa shape index (κ2) is 8.36. The van der Waals surface area contributed by atoms with Crippen molar-refractivity contribution in [3.8, 4) is 0 Å². The largest absolute Gasteiger partial charge is 0.351 e. The molecule has 0 spiro atoms. The van der Waals surface area contributed by atoms with Crippen LogP contribution in [0, 0.1) is 0 Å². The number of H-pyrrole nitrogens is 1. The van der Waals surface area contributed by atoms with Gasteiger partial charge in [0.1, 0.15) is 0 Å². The summed E-state index contributed by atoms with van der Waals surface area (Å²) in [4.78, 5) is 26.8. The van der Waals surface area contributed by atoms with Crippen LogP contribution in [0.5, 0.6) is 0 Å². The molecule has 2 aromatic rings. The molecule has 0 saturated heterocycles. The summed E-state index contributed by atoms with van der Waals surface area (Å²) < 4.78 is 0. The van der Waals surface area contributed by atoms with Crippen molar-refractivity contribution in [1.29, 1.82) is 0 Å². The highest BCUT2D eigenvalue weighted by atomic mass is 35.5. The van der Waals surface area contributed by atoms with E-state index in [1.54, 1.807) is 17.0 Å². The van der Waals surface area contributed by atoms with Crippen LogP contribution in [0.3, 0.4) is 0 Å². The normalized spacial score (nSPS) is 13.4. The molecule has 0 radical (unpaired) electrons. The molecular formula is C19H23ClN4O2. The van der Waals surface area contributed by atoms with E-state index in [0.29, 0.717) is 43.2 Å². The van der Waals surface area contributed by atoms with Gasteiger partial charge in [-0.3, -0.25) is 14.7 Å². The summed E-state index contributed by atoms with van der Waals surface area (Å²) in [6.45, 7) is 3.73. The molecule has 0 aliphatic carbocycles. The first-order valence-electron chi connectivity index (χ1n) is 8.95. The number of hydrogen-bond donors (Lipinski definition) is 2. The maximum atomic E-state index is 12.7. The molecule has 0 fully saturated rings. The summed E-state index contributed by atoms with van der Waals surface area (Å²) >= 11 is 5.99. The van der Waals surface area contributed by atoms with Crippen LogP contribution in [0.15, 0.2) is 24.3 Å². The SMILES string of the molecule is CCCCNC(=O)c1n[nH]c2c1CN(C(=O)Cc1cccc(Cl)c1)CC2. The van der Waals surface area contributed by atoms with Crippen molar-refractivity contribution in [2.24, 2.45) is 0 Å². The van der Waals surface area contributed by atoms with Crippen molar-refractivity contribution in [2.45, 2.75) is 39.2 Å². The average Bonchev–Trinajstić information content (AvgIpc) is 3.05. The molecule has 26 heavy (non-hydrogen) atoms. The molecule has 1 aliphatic rings. The maximum absolute atomic E-state index is 12.7. The molecule has 6 nitrogen and oxygen atoms in total. The molecule has 2 N–H and O–H groups in total. The second-order valence-corrected chi connectivity index (χ2v) is 6.95. The molecule has 0 atom stereocenters. The number of fused-ring (bicyclic) bond motifs is 1. The Labute approximate surface area is 157 Å². The Morgan fingerprint density at radius 3 is 3.00 bits per heavy atom. The zero-order chi connectivity index (χ0) is 18.5. The van der Waals surface area contributed by atoms with Gasteiger partial charge in [0.05, 0.1) is 6.42 Å². The van der Waals surface area contributed by atoms with Crippen LogP contribution in [0.1, 0.15) is 47.1 Å². The fourth-order valence-corrected chi connectivity index (χ4v) is 3.30. The van der Waals surface area contributed by atoms with Gasteiger partial charge < -0.3 is 10.2 Å². The number of nitrogens with zero attached hydrogens (tertiary/aromatic N) is 2. The quantitative estimate of drug-likeness (QED) is 0.763. The maximum Gasteiger partial charge on any atom is 0.272 e. The predicted molar refractivity (Wildman–Crippen MR) is 100 cm³/mol. The average molecular weight is 375 g/mol. The van der Waals surface area contributed by atoms with E-state index in [1.807, 2.05) is 12.1 Å². The minimum atomic E-state index is -0.180. The summed E-state index contributed by atoms with van der Waals surface area (Å²) in [6, 6.07) is 7.33. The molecule has 0 saturated carbocycles. The number of aromatic nitrogens is 2. The number of benzene rings is 1. The lowest BCUT2D eigenvalue weighted by atomic mass is 10.0. The standard InChI is InChI=1S/C19H23ClN4O2/c1-2-3-8-21-19(26)18-15-12-24(9-7-16(15)22-23-18)17(25)11-13-5-4-6-14(20)10-13/h4-6,10H,2-3,7-9,11-12H2,1H3,(H,21,26)(H,22,23). The summed E-state index contributed by atoms with van der Waals surface area (Å²) in [7, 11) is 0. The van der Waals surface area contributed by atoms with Crippen LogP contribution < -0.4 is 5.32 Å². The van der Waals surface area contributed by atoms with Gasteiger partial charge in [0, 0.05) is 42.3 Å². The zero-order valence-corrected chi connectivity index (χ0v) is 15.6. The van der Waals surface area contributed by atoms with Crippen molar-refractivity contribution in [3.63, 3.8) is 0 Å². The second-order valence-electron chi connectivity index (χ2n) is 6.51. The van der Waals surface area contributed by atoms with Gasteiger partial charge in [-0.2, -0.15) is 5.10 Å². The number of hydrogen-bond acceptors (Lipinski definition) is 3. The number of nitrogens with one attached hydrogen (secondary N) is 2. The fourth-order valence-electron chi connectivity index (χ4n) is 3.09. The molecule has 1 aliphatic heterocycles. The highest BCUT2D eigenvalue weighted by Crippen LogP contribution is 2.21. The monoisotopic (exact) mass is 374 g/mol. The van der Waals surface area contributed by atoms with Gasteiger partial charge >= 0.3 is 0 Å². The molecule has 1 aromatic carbocycles. The Morgan fingerprint density at radius 2 is 2.23 bits per heavy atom. The van der Waals surface area contributed by atoms with E-state index in [4.69, 9.17) is 11.6 Å². The van der Waals surface area contributed by atoms with Gasteiger partial charge in [0.25, 0.3) is 5.91 Å². The molecule has 7 heteroatoms. The van der Waals surface area contributed by atoms with Gasteiger partial charge in [0.2, 0.25) is 5.91 Å². The van der Waals surface area contributed by atoms with Crippen LogP contribution in [-0.2, 0) is 24.2 Å². The zero-order valence-electron chi connectivity index (χ0n) is 14.8. The predicted octanol–water partition coefficient (Wildman–Crippen LogP) is 2.72. The van der Waals surface area contributed by atoms with Crippen molar-refractivity contribution in [2.75, 3.05) is 13.1 Å². The number of unbranched alkanes of at least 4 members (excludes halogenated alkanes) is 1. The van der Waals surface area contributed by atoms with E-state index in [1.165, 1.54) is 0 Å². The topological polar surface area (TPSA) is 78.1 Å². The smallest absolute Gasteiger partial charge is 0.272 e. The summed E-state index contributed by atoms with van der Waals surface area (Å²) in [5.74, 6) is -0.156.